The van der Waals surface area contributed by atoms with E-state index in [0.29, 0.717) is 5.75 Å². The lowest BCUT2D eigenvalue weighted by molar-refractivity contribution is 0.474. The molecule has 2 N–H and O–H groups in total. The summed E-state index contributed by atoms with van der Waals surface area (Å²) in [5, 5.41) is 12.8. The maximum absolute atomic E-state index is 9.32. The Bertz CT molecular complexity index is 528. The number of likely N-dealkylation sites (N-methyl/N-ethyl adjacent to an activating group) is 1. The SMILES string of the molecule is CCNC(Cc1ccc(O)cc1)c1cncc(Br)c1. The smallest absolute Gasteiger partial charge is 0.115 e. The first-order chi connectivity index (χ1) is 9.19. The fourth-order valence-electron chi connectivity index (χ4n) is 2.04. The molecule has 0 spiro atoms. The number of hydrogen-bond donors (Lipinski definition) is 2. The summed E-state index contributed by atoms with van der Waals surface area (Å²) in [7, 11) is 0. The Kier molecular flexibility index (Phi) is 4.93. The predicted octanol–water partition coefficient (Wildman–Crippen LogP) is 3.44. The van der Waals surface area contributed by atoms with E-state index in [9.17, 15) is 5.11 Å². The zero-order valence-corrected chi connectivity index (χ0v) is 12.4. The van der Waals surface area contributed by atoms with Crippen LogP contribution in [0.1, 0.15) is 24.1 Å². The first kappa shape index (κ1) is 14.0. The molecule has 0 saturated heterocycles. The van der Waals surface area contributed by atoms with Crippen LogP contribution in [0.4, 0.5) is 0 Å². The highest BCUT2D eigenvalue weighted by atomic mass is 79.9. The molecule has 0 fully saturated rings. The molecule has 0 aliphatic carbocycles. The van der Waals surface area contributed by atoms with Crippen LogP contribution >= 0.6 is 15.9 Å². The van der Waals surface area contributed by atoms with Crippen molar-refractivity contribution in [2.75, 3.05) is 6.54 Å². The highest BCUT2D eigenvalue weighted by molar-refractivity contribution is 9.10. The lowest BCUT2D eigenvalue weighted by atomic mass is 10.00. The number of halogens is 1. The maximum atomic E-state index is 9.32. The second-order valence-corrected chi connectivity index (χ2v) is 5.33. The van der Waals surface area contributed by atoms with Gasteiger partial charge in [0, 0.05) is 22.9 Å². The maximum Gasteiger partial charge on any atom is 0.115 e. The Morgan fingerprint density at radius 1 is 1.26 bits per heavy atom. The van der Waals surface area contributed by atoms with Gasteiger partial charge in [0.1, 0.15) is 5.75 Å². The van der Waals surface area contributed by atoms with Crippen LogP contribution in [0.15, 0.2) is 47.2 Å². The normalized spacial score (nSPS) is 12.3. The zero-order valence-electron chi connectivity index (χ0n) is 10.8. The summed E-state index contributed by atoms with van der Waals surface area (Å²) in [6.45, 7) is 2.99. The molecule has 1 aromatic heterocycles. The molecule has 0 radical (unpaired) electrons. The average molecular weight is 321 g/mol. The first-order valence-corrected chi connectivity index (χ1v) is 7.10. The molecular weight excluding hydrogens is 304 g/mol. The van der Waals surface area contributed by atoms with Crippen molar-refractivity contribution in [1.29, 1.82) is 0 Å². The third kappa shape index (κ3) is 4.04. The number of aromatic nitrogens is 1. The van der Waals surface area contributed by atoms with Gasteiger partial charge in [0.2, 0.25) is 0 Å². The van der Waals surface area contributed by atoms with Gasteiger partial charge in [-0.25, -0.2) is 0 Å². The quantitative estimate of drug-likeness (QED) is 0.887. The molecule has 0 amide bonds. The number of benzene rings is 1. The van der Waals surface area contributed by atoms with Crippen LogP contribution in [0.2, 0.25) is 0 Å². The average Bonchev–Trinajstić information content (AvgIpc) is 2.41. The number of nitrogens with zero attached hydrogens (tertiary/aromatic N) is 1. The molecule has 1 aromatic carbocycles. The molecule has 19 heavy (non-hydrogen) atoms. The summed E-state index contributed by atoms with van der Waals surface area (Å²) in [6, 6.07) is 9.64. The third-order valence-electron chi connectivity index (χ3n) is 2.96. The van der Waals surface area contributed by atoms with Gasteiger partial charge in [-0.15, -0.1) is 0 Å². The van der Waals surface area contributed by atoms with E-state index in [1.165, 1.54) is 5.56 Å². The van der Waals surface area contributed by atoms with Crippen LogP contribution < -0.4 is 5.32 Å². The second-order valence-electron chi connectivity index (χ2n) is 4.42. The van der Waals surface area contributed by atoms with Gasteiger partial charge in [0.25, 0.3) is 0 Å². The minimum Gasteiger partial charge on any atom is -0.508 e. The summed E-state index contributed by atoms with van der Waals surface area (Å²) in [5.41, 5.74) is 2.34. The van der Waals surface area contributed by atoms with Gasteiger partial charge in [-0.1, -0.05) is 19.1 Å². The molecule has 3 nitrogen and oxygen atoms in total. The van der Waals surface area contributed by atoms with E-state index in [2.05, 4.69) is 39.2 Å². The van der Waals surface area contributed by atoms with E-state index in [4.69, 9.17) is 0 Å². The summed E-state index contributed by atoms with van der Waals surface area (Å²) >= 11 is 3.45. The molecule has 1 unspecified atom stereocenters. The fourth-order valence-corrected chi connectivity index (χ4v) is 2.42. The molecule has 0 saturated carbocycles. The van der Waals surface area contributed by atoms with Crippen molar-refractivity contribution in [1.82, 2.24) is 10.3 Å². The highest BCUT2D eigenvalue weighted by Crippen LogP contribution is 2.21. The molecular formula is C15H17BrN2O. The van der Waals surface area contributed by atoms with Crippen molar-refractivity contribution in [3.63, 3.8) is 0 Å². The number of pyridine rings is 1. The number of rotatable bonds is 5. The Morgan fingerprint density at radius 3 is 2.63 bits per heavy atom. The van der Waals surface area contributed by atoms with Gasteiger partial charge in [-0.2, -0.15) is 0 Å². The Labute approximate surface area is 121 Å². The molecule has 0 aliphatic heterocycles. The number of phenolic OH excluding ortho intramolecular Hbond substituents is 1. The van der Waals surface area contributed by atoms with Crippen molar-refractivity contribution in [2.45, 2.75) is 19.4 Å². The molecule has 2 rings (SSSR count). The van der Waals surface area contributed by atoms with Gasteiger partial charge in [-0.05, 0) is 58.2 Å². The molecule has 0 bridgehead atoms. The van der Waals surface area contributed by atoms with E-state index < -0.39 is 0 Å². The minimum absolute atomic E-state index is 0.222. The van der Waals surface area contributed by atoms with Crippen molar-refractivity contribution >= 4 is 15.9 Å². The summed E-state index contributed by atoms with van der Waals surface area (Å²) < 4.78 is 0.985. The Hall–Kier alpha value is -1.39. The minimum atomic E-state index is 0.222. The van der Waals surface area contributed by atoms with Crippen molar-refractivity contribution < 1.29 is 5.11 Å². The van der Waals surface area contributed by atoms with Gasteiger partial charge < -0.3 is 10.4 Å². The van der Waals surface area contributed by atoms with Gasteiger partial charge in [0.05, 0.1) is 0 Å². The Morgan fingerprint density at radius 2 is 2.00 bits per heavy atom. The number of aromatic hydroxyl groups is 1. The molecule has 1 atom stereocenters. The van der Waals surface area contributed by atoms with Gasteiger partial charge in [0.15, 0.2) is 0 Å². The van der Waals surface area contributed by atoms with E-state index in [0.717, 1.165) is 23.0 Å². The lowest BCUT2D eigenvalue weighted by Crippen LogP contribution is -2.23. The second kappa shape index (κ2) is 6.68. The number of phenols is 1. The van der Waals surface area contributed by atoms with Crippen LogP contribution in [0.5, 0.6) is 5.75 Å². The first-order valence-electron chi connectivity index (χ1n) is 6.30. The summed E-state index contributed by atoms with van der Waals surface area (Å²) in [4.78, 5) is 4.22. The molecule has 0 aliphatic rings. The zero-order chi connectivity index (χ0) is 13.7. The molecule has 100 valence electrons. The van der Waals surface area contributed by atoms with Crippen LogP contribution in [0.3, 0.4) is 0 Å². The van der Waals surface area contributed by atoms with Crippen LogP contribution in [0.25, 0.3) is 0 Å². The number of hydrogen-bond acceptors (Lipinski definition) is 3. The molecule has 4 heteroatoms. The van der Waals surface area contributed by atoms with E-state index in [1.54, 1.807) is 18.3 Å². The van der Waals surface area contributed by atoms with Gasteiger partial charge in [-0.3, -0.25) is 4.98 Å². The number of nitrogens with one attached hydrogen (secondary N) is 1. The summed E-state index contributed by atoms with van der Waals surface area (Å²) in [6.07, 6.45) is 4.54. The Balaban J connectivity index is 2.18. The van der Waals surface area contributed by atoms with Crippen LogP contribution in [0, 0.1) is 0 Å². The monoisotopic (exact) mass is 320 g/mol. The van der Waals surface area contributed by atoms with Gasteiger partial charge >= 0.3 is 0 Å². The van der Waals surface area contributed by atoms with Crippen molar-refractivity contribution in [3.05, 3.63) is 58.3 Å². The van der Waals surface area contributed by atoms with Crippen LogP contribution in [-0.2, 0) is 6.42 Å². The molecule has 2 aromatic rings. The topological polar surface area (TPSA) is 45.1 Å². The lowest BCUT2D eigenvalue weighted by Gasteiger charge is -2.18. The largest absolute Gasteiger partial charge is 0.508 e. The third-order valence-corrected chi connectivity index (χ3v) is 3.39. The van der Waals surface area contributed by atoms with E-state index in [-0.39, 0.29) is 6.04 Å². The standard InChI is InChI=1S/C15H17BrN2O/c1-2-18-15(12-8-13(16)10-17-9-12)7-11-3-5-14(19)6-4-11/h3-6,8-10,15,18-19H,2,7H2,1H3. The van der Waals surface area contributed by atoms with E-state index in [1.807, 2.05) is 18.3 Å². The predicted molar refractivity (Wildman–Crippen MR) is 80.2 cm³/mol. The fraction of sp³-hybridized carbons (Fsp3) is 0.267. The summed E-state index contributed by atoms with van der Waals surface area (Å²) in [5.74, 6) is 0.299. The van der Waals surface area contributed by atoms with Crippen LogP contribution in [-0.4, -0.2) is 16.6 Å². The molecule has 1 heterocycles. The van der Waals surface area contributed by atoms with Crippen molar-refractivity contribution in [2.24, 2.45) is 0 Å². The van der Waals surface area contributed by atoms with E-state index >= 15 is 0 Å². The highest BCUT2D eigenvalue weighted by Gasteiger charge is 2.12. The van der Waals surface area contributed by atoms with Crippen molar-refractivity contribution in [3.8, 4) is 5.75 Å².